The maximum atomic E-state index is 12.0. The maximum Gasteiger partial charge on any atom is 0.291 e. The van der Waals surface area contributed by atoms with Crippen molar-refractivity contribution in [3.63, 3.8) is 0 Å². The predicted octanol–water partition coefficient (Wildman–Crippen LogP) is 1.39. The number of likely N-dealkylation sites (tertiary alicyclic amines) is 1. The Bertz CT molecular complexity index is 370. The highest BCUT2D eigenvalue weighted by atomic mass is 35.5. The molecule has 0 aliphatic carbocycles. The molecule has 1 saturated heterocycles. The first-order chi connectivity index (χ1) is 7.18. The lowest BCUT2D eigenvalue weighted by Gasteiger charge is -2.30. The first-order valence-corrected chi connectivity index (χ1v) is 5.13. The SMILES string of the molecule is Cc1ncoc1C(=O)N1CCCC(N)C1.Cl.Cl. The molecule has 1 amide bonds. The molecule has 2 heterocycles. The molecule has 2 N–H and O–H groups in total. The lowest BCUT2D eigenvalue weighted by molar-refractivity contribution is 0.0675. The highest BCUT2D eigenvalue weighted by Crippen LogP contribution is 2.14. The molecule has 0 bridgehead atoms. The summed E-state index contributed by atoms with van der Waals surface area (Å²) in [6, 6.07) is 0.0888. The number of nitrogens with two attached hydrogens (primary N) is 1. The number of amides is 1. The van der Waals surface area contributed by atoms with E-state index >= 15 is 0 Å². The van der Waals surface area contributed by atoms with Gasteiger partial charge < -0.3 is 15.1 Å². The summed E-state index contributed by atoms with van der Waals surface area (Å²) in [7, 11) is 0. The smallest absolute Gasteiger partial charge is 0.291 e. The van der Waals surface area contributed by atoms with Crippen LogP contribution in [0.4, 0.5) is 0 Å². The Morgan fingerprint density at radius 2 is 2.29 bits per heavy atom. The highest BCUT2D eigenvalue weighted by Gasteiger charge is 2.25. The second-order valence-corrected chi connectivity index (χ2v) is 3.92. The van der Waals surface area contributed by atoms with Gasteiger partial charge in [0.15, 0.2) is 6.39 Å². The van der Waals surface area contributed by atoms with Crippen LogP contribution in [-0.4, -0.2) is 34.9 Å². The Balaban J connectivity index is 0.00000128. The number of oxazole rings is 1. The minimum Gasteiger partial charge on any atom is -0.438 e. The average Bonchev–Trinajstić information content (AvgIpc) is 2.63. The van der Waals surface area contributed by atoms with E-state index in [9.17, 15) is 4.79 Å². The van der Waals surface area contributed by atoms with E-state index in [-0.39, 0.29) is 36.8 Å². The van der Waals surface area contributed by atoms with Gasteiger partial charge in [-0.2, -0.15) is 0 Å². The Kier molecular flexibility index (Phi) is 6.52. The summed E-state index contributed by atoms with van der Waals surface area (Å²) in [6.45, 7) is 3.13. The molecule has 0 aromatic carbocycles. The number of carbonyl (C=O) groups excluding carboxylic acids is 1. The van der Waals surface area contributed by atoms with Crippen molar-refractivity contribution in [1.29, 1.82) is 0 Å². The monoisotopic (exact) mass is 281 g/mol. The van der Waals surface area contributed by atoms with Gasteiger partial charge in [0.25, 0.3) is 5.91 Å². The zero-order valence-corrected chi connectivity index (χ0v) is 11.2. The van der Waals surface area contributed by atoms with Gasteiger partial charge in [0.1, 0.15) is 0 Å². The van der Waals surface area contributed by atoms with Crippen molar-refractivity contribution >= 4 is 30.7 Å². The third kappa shape index (κ3) is 3.59. The number of carbonyl (C=O) groups is 1. The van der Waals surface area contributed by atoms with Crippen molar-refractivity contribution in [2.24, 2.45) is 5.73 Å². The van der Waals surface area contributed by atoms with Crippen LogP contribution in [0, 0.1) is 6.92 Å². The number of halogens is 2. The Morgan fingerprint density at radius 3 is 2.82 bits per heavy atom. The van der Waals surface area contributed by atoms with E-state index in [1.165, 1.54) is 6.39 Å². The van der Waals surface area contributed by atoms with E-state index < -0.39 is 0 Å². The second kappa shape index (κ2) is 6.83. The minimum atomic E-state index is -0.0971. The van der Waals surface area contributed by atoms with Gasteiger partial charge in [-0.05, 0) is 19.8 Å². The molecule has 17 heavy (non-hydrogen) atoms. The summed E-state index contributed by atoms with van der Waals surface area (Å²) in [5.74, 6) is 0.240. The minimum absolute atomic E-state index is 0. The van der Waals surface area contributed by atoms with E-state index in [4.69, 9.17) is 10.2 Å². The van der Waals surface area contributed by atoms with Gasteiger partial charge in [0, 0.05) is 19.1 Å². The summed E-state index contributed by atoms with van der Waals surface area (Å²) in [5.41, 5.74) is 6.45. The molecule has 1 aliphatic heterocycles. The summed E-state index contributed by atoms with van der Waals surface area (Å²) in [6.07, 6.45) is 3.24. The van der Waals surface area contributed by atoms with Crippen LogP contribution >= 0.6 is 24.8 Å². The molecule has 1 unspecified atom stereocenters. The van der Waals surface area contributed by atoms with Crippen molar-refractivity contribution in [2.75, 3.05) is 13.1 Å². The van der Waals surface area contributed by atoms with Crippen LogP contribution in [0.3, 0.4) is 0 Å². The molecule has 1 aliphatic rings. The van der Waals surface area contributed by atoms with Crippen molar-refractivity contribution in [2.45, 2.75) is 25.8 Å². The number of hydrogen-bond acceptors (Lipinski definition) is 4. The molecule has 0 saturated carbocycles. The Hall–Kier alpha value is -0.780. The third-order valence-electron chi connectivity index (χ3n) is 2.68. The van der Waals surface area contributed by atoms with E-state index in [1.54, 1.807) is 11.8 Å². The molecule has 1 atom stereocenters. The van der Waals surface area contributed by atoms with Gasteiger partial charge in [0.2, 0.25) is 5.76 Å². The number of piperidine rings is 1. The third-order valence-corrected chi connectivity index (χ3v) is 2.68. The lowest BCUT2D eigenvalue weighted by atomic mass is 10.1. The fourth-order valence-electron chi connectivity index (χ4n) is 1.85. The molecule has 0 radical (unpaired) electrons. The van der Waals surface area contributed by atoms with E-state index in [0.29, 0.717) is 18.0 Å². The van der Waals surface area contributed by atoms with E-state index in [2.05, 4.69) is 4.98 Å². The molecule has 1 fully saturated rings. The van der Waals surface area contributed by atoms with Crippen molar-refractivity contribution < 1.29 is 9.21 Å². The number of hydrogen-bond donors (Lipinski definition) is 1. The van der Waals surface area contributed by atoms with E-state index in [1.807, 2.05) is 0 Å². The molecule has 7 heteroatoms. The Labute approximate surface area is 113 Å². The van der Waals surface area contributed by atoms with Crippen LogP contribution < -0.4 is 5.73 Å². The fraction of sp³-hybridized carbons (Fsp3) is 0.600. The lowest BCUT2D eigenvalue weighted by Crippen LogP contribution is -2.45. The fourth-order valence-corrected chi connectivity index (χ4v) is 1.85. The first kappa shape index (κ1) is 16.2. The van der Waals surface area contributed by atoms with Gasteiger partial charge in [-0.15, -0.1) is 24.8 Å². The maximum absolute atomic E-state index is 12.0. The largest absolute Gasteiger partial charge is 0.438 e. The normalized spacial score (nSPS) is 19.2. The number of aromatic nitrogens is 1. The predicted molar refractivity (Wildman–Crippen MR) is 68.8 cm³/mol. The molecule has 0 spiro atoms. The Morgan fingerprint density at radius 1 is 1.59 bits per heavy atom. The van der Waals surface area contributed by atoms with Gasteiger partial charge >= 0.3 is 0 Å². The van der Waals surface area contributed by atoms with Gasteiger partial charge in [-0.3, -0.25) is 4.79 Å². The van der Waals surface area contributed by atoms with Crippen LogP contribution in [0.5, 0.6) is 0 Å². The summed E-state index contributed by atoms with van der Waals surface area (Å²) >= 11 is 0. The van der Waals surface area contributed by atoms with Crippen molar-refractivity contribution in [3.8, 4) is 0 Å². The molecule has 98 valence electrons. The van der Waals surface area contributed by atoms with Crippen LogP contribution in [0.25, 0.3) is 0 Å². The number of rotatable bonds is 1. The van der Waals surface area contributed by atoms with Gasteiger partial charge in [0.05, 0.1) is 5.69 Å². The van der Waals surface area contributed by atoms with Crippen molar-refractivity contribution in [1.82, 2.24) is 9.88 Å². The molecular formula is C10H17Cl2N3O2. The number of aryl methyl sites for hydroxylation is 1. The van der Waals surface area contributed by atoms with Crippen LogP contribution in [0.2, 0.25) is 0 Å². The molecule has 1 aromatic rings. The van der Waals surface area contributed by atoms with Gasteiger partial charge in [-0.1, -0.05) is 0 Å². The van der Waals surface area contributed by atoms with Crippen LogP contribution in [-0.2, 0) is 0 Å². The topological polar surface area (TPSA) is 72.4 Å². The summed E-state index contributed by atoms with van der Waals surface area (Å²) in [4.78, 5) is 17.6. The molecule has 1 aromatic heterocycles. The number of nitrogens with zero attached hydrogens (tertiary/aromatic N) is 2. The second-order valence-electron chi connectivity index (χ2n) is 3.92. The van der Waals surface area contributed by atoms with Crippen LogP contribution in [0.1, 0.15) is 29.1 Å². The zero-order chi connectivity index (χ0) is 10.8. The quantitative estimate of drug-likeness (QED) is 0.844. The first-order valence-electron chi connectivity index (χ1n) is 5.13. The van der Waals surface area contributed by atoms with Gasteiger partial charge in [-0.25, -0.2) is 4.98 Å². The summed E-state index contributed by atoms with van der Waals surface area (Å²) < 4.78 is 5.07. The zero-order valence-electron chi connectivity index (χ0n) is 9.59. The average molecular weight is 282 g/mol. The van der Waals surface area contributed by atoms with Crippen molar-refractivity contribution in [3.05, 3.63) is 17.8 Å². The molecule has 2 rings (SSSR count). The highest BCUT2D eigenvalue weighted by molar-refractivity contribution is 5.92. The van der Waals surface area contributed by atoms with E-state index in [0.717, 1.165) is 19.4 Å². The van der Waals surface area contributed by atoms with Crippen LogP contribution in [0.15, 0.2) is 10.8 Å². The molecular weight excluding hydrogens is 265 g/mol. The summed E-state index contributed by atoms with van der Waals surface area (Å²) in [5, 5.41) is 0. The molecule has 5 nitrogen and oxygen atoms in total. The standard InChI is InChI=1S/C10H15N3O2.2ClH/c1-7-9(15-6-12-7)10(14)13-4-2-3-8(11)5-13;;/h6,8H,2-5,11H2,1H3;2*1H.